The molecule has 23 heavy (non-hydrogen) atoms. The molecule has 0 aromatic heterocycles. The number of carbonyl (C=O) groups is 2. The molecule has 1 aromatic rings. The molecule has 0 amide bonds. The van der Waals surface area contributed by atoms with Crippen molar-refractivity contribution < 1.29 is 27.5 Å². The summed E-state index contributed by atoms with van der Waals surface area (Å²) in [6.07, 6.45) is 2.77. The molecule has 0 spiro atoms. The zero-order valence-electron chi connectivity index (χ0n) is 12.3. The van der Waals surface area contributed by atoms with Gasteiger partial charge >= 0.3 is 5.97 Å². The molecule has 0 bridgehead atoms. The second kappa shape index (κ2) is 5.40. The number of ether oxygens (including phenoxy) is 1. The summed E-state index contributed by atoms with van der Waals surface area (Å²) in [5.74, 6) is -7.29. The van der Waals surface area contributed by atoms with Gasteiger partial charge in [-0.15, -0.1) is 0 Å². The fourth-order valence-electron chi connectivity index (χ4n) is 2.92. The third kappa shape index (κ3) is 2.31. The molecular weight excluding hydrogens is 311 g/mol. The highest BCUT2D eigenvalue weighted by Gasteiger charge is 2.43. The SMILES string of the molecule is CCOC(=O)C1=CC(C2CC2)c2c(F)c(F)c(F)c(N)c2C1=O. The Kier molecular flexibility index (Phi) is 3.66. The van der Waals surface area contributed by atoms with Crippen molar-refractivity contribution in [2.45, 2.75) is 25.7 Å². The van der Waals surface area contributed by atoms with Crippen molar-refractivity contribution in [3.8, 4) is 0 Å². The van der Waals surface area contributed by atoms with Gasteiger partial charge in [0, 0.05) is 11.5 Å². The van der Waals surface area contributed by atoms with Gasteiger partial charge in [0.15, 0.2) is 17.5 Å². The van der Waals surface area contributed by atoms with Crippen LogP contribution in [0.4, 0.5) is 18.9 Å². The number of anilines is 1. The molecule has 1 fully saturated rings. The Balaban J connectivity index is 2.23. The molecule has 2 aliphatic carbocycles. The molecule has 1 aromatic carbocycles. The van der Waals surface area contributed by atoms with E-state index in [-0.39, 0.29) is 23.7 Å². The van der Waals surface area contributed by atoms with E-state index in [1.807, 2.05) is 0 Å². The van der Waals surface area contributed by atoms with Gasteiger partial charge in [0.25, 0.3) is 0 Å². The number of allylic oxidation sites excluding steroid dienone is 1. The van der Waals surface area contributed by atoms with Gasteiger partial charge in [-0.3, -0.25) is 4.79 Å². The zero-order chi connectivity index (χ0) is 16.9. The summed E-state index contributed by atoms with van der Waals surface area (Å²) in [7, 11) is 0. The van der Waals surface area contributed by atoms with E-state index in [2.05, 4.69) is 0 Å². The van der Waals surface area contributed by atoms with Crippen molar-refractivity contribution in [2.24, 2.45) is 5.92 Å². The summed E-state index contributed by atoms with van der Waals surface area (Å²) in [5, 5.41) is 0. The molecule has 0 saturated heterocycles. The second-order valence-electron chi connectivity index (χ2n) is 5.64. The number of nitrogens with two attached hydrogens (primary N) is 1. The number of carbonyl (C=O) groups excluding carboxylic acids is 2. The minimum atomic E-state index is -1.70. The van der Waals surface area contributed by atoms with Crippen molar-refractivity contribution in [1.29, 1.82) is 0 Å². The van der Waals surface area contributed by atoms with Gasteiger partial charge in [0.05, 0.1) is 17.9 Å². The number of ketones is 1. The van der Waals surface area contributed by atoms with Crippen LogP contribution in [0.1, 0.15) is 41.6 Å². The van der Waals surface area contributed by atoms with Crippen molar-refractivity contribution in [2.75, 3.05) is 12.3 Å². The van der Waals surface area contributed by atoms with Gasteiger partial charge < -0.3 is 10.5 Å². The molecule has 3 rings (SSSR count). The van der Waals surface area contributed by atoms with Gasteiger partial charge in [-0.25, -0.2) is 18.0 Å². The molecule has 1 unspecified atom stereocenters. The number of hydrogen-bond donors (Lipinski definition) is 1. The van der Waals surface area contributed by atoms with Crippen LogP contribution in [0, 0.1) is 23.4 Å². The number of hydrogen-bond acceptors (Lipinski definition) is 4. The number of rotatable bonds is 3. The average molecular weight is 325 g/mol. The number of Topliss-reactive ketones (excluding diaryl/α,β-unsaturated/α-hetero) is 1. The van der Waals surface area contributed by atoms with Gasteiger partial charge in [-0.1, -0.05) is 6.08 Å². The Morgan fingerprint density at radius 2 is 1.91 bits per heavy atom. The number of benzene rings is 1. The minimum absolute atomic E-state index is 0.0370. The fraction of sp³-hybridized carbons (Fsp3) is 0.375. The molecule has 0 aliphatic heterocycles. The maximum atomic E-state index is 14.2. The fourth-order valence-corrected chi connectivity index (χ4v) is 2.92. The summed E-state index contributed by atoms with van der Waals surface area (Å²) in [4.78, 5) is 24.4. The highest BCUT2D eigenvalue weighted by Crippen LogP contribution is 2.49. The van der Waals surface area contributed by atoms with Crippen LogP contribution in [-0.2, 0) is 9.53 Å². The van der Waals surface area contributed by atoms with Gasteiger partial charge in [0.2, 0.25) is 5.78 Å². The lowest BCUT2D eigenvalue weighted by Gasteiger charge is -2.25. The minimum Gasteiger partial charge on any atom is -0.462 e. The van der Waals surface area contributed by atoms with Crippen LogP contribution in [0.15, 0.2) is 11.6 Å². The van der Waals surface area contributed by atoms with Gasteiger partial charge in [-0.05, 0) is 25.7 Å². The molecular formula is C16H14F3NO3. The van der Waals surface area contributed by atoms with Crippen LogP contribution in [0.2, 0.25) is 0 Å². The Morgan fingerprint density at radius 1 is 1.26 bits per heavy atom. The summed E-state index contributed by atoms with van der Waals surface area (Å²) >= 11 is 0. The number of halogens is 3. The maximum Gasteiger partial charge on any atom is 0.341 e. The molecule has 4 nitrogen and oxygen atoms in total. The molecule has 1 atom stereocenters. The van der Waals surface area contributed by atoms with E-state index < -0.39 is 46.4 Å². The standard InChI is InChI=1S/C16H14F3NO3/c1-2-23-16(22)8-5-7(6-3-4-6)9-10(15(8)21)14(20)13(19)12(18)11(9)17/h5-7H,2-4,20H2,1H3. The van der Waals surface area contributed by atoms with E-state index in [4.69, 9.17) is 10.5 Å². The third-order valence-electron chi connectivity index (χ3n) is 4.17. The average Bonchev–Trinajstić information content (AvgIpc) is 3.35. The van der Waals surface area contributed by atoms with Crippen molar-refractivity contribution in [3.05, 3.63) is 40.2 Å². The predicted molar refractivity (Wildman–Crippen MR) is 75.2 cm³/mol. The molecule has 0 radical (unpaired) electrons. The second-order valence-corrected chi connectivity index (χ2v) is 5.64. The molecule has 1 saturated carbocycles. The normalized spacial score (nSPS) is 20.1. The molecule has 2 aliphatic rings. The first kappa shape index (κ1) is 15.6. The smallest absolute Gasteiger partial charge is 0.341 e. The first-order valence-corrected chi connectivity index (χ1v) is 7.27. The lowest BCUT2D eigenvalue weighted by atomic mass is 9.79. The number of fused-ring (bicyclic) bond motifs is 1. The highest BCUT2D eigenvalue weighted by atomic mass is 19.2. The van der Waals surface area contributed by atoms with Crippen LogP contribution in [-0.4, -0.2) is 18.4 Å². The third-order valence-corrected chi connectivity index (χ3v) is 4.17. The maximum absolute atomic E-state index is 14.2. The number of nitrogen functional groups attached to an aromatic ring is 1. The lowest BCUT2D eigenvalue weighted by molar-refractivity contribution is -0.138. The van der Waals surface area contributed by atoms with Crippen LogP contribution < -0.4 is 5.73 Å². The van der Waals surface area contributed by atoms with Crippen LogP contribution >= 0.6 is 0 Å². The van der Waals surface area contributed by atoms with E-state index in [1.54, 1.807) is 6.92 Å². The molecule has 122 valence electrons. The lowest BCUT2D eigenvalue weighted by Crippen LogP contribution is -2.27. The summed E-state index contributed by atoms with van der Waals surface area (Å²) in [6.45, 7) is 1.62. The topological polar surface area (TPSA) is 69.4 Å². The molecule has 2 N–H and O–H groups in total. The van der Waals surface area contributed by atoms with Crippen molar-refractivity contribution >= 4 is 17.4 Å². The Hall–Kier alpha value is -2.31. The summed E-state index contributed by atoms with van der Waals surface area (Å²) in [5.41, 5.74) is 3.68. The highest BCUT2D eigenvalue weighted by molar-refractivity contribution is 6.27. The van der Waals surface area contributed by atoms with E-state index in [0.29, 0.717) is 0 Å². The van der Waals surface area contributed by atoms with Crippen LogP contribution in [0.5, 0.6) is 0 Å². The molecule has 0 heterocycles. The predicted octanol–water partition coefficient (Wildman–Crippen LogP) is 2.87. The molecule has 7 heteroatoms. The van der Waals surface area contributed by atoms with Crippen molar-refractivity contribution in [3.63, 3.8) is 0 Å². The van der Waals surface area contributed by atoms with E-state index in [9.17, 15) is 22.8 Å². The first-order chi connectivity index (χ1) is 10.9. The number of esters is 1. The Morgan fingerprint density at radius 3 is 2.48 bits per heavy atom. The summed E-state index contributed by atoms with van der Waals surface area (Å²) < 4.78 is 46.5. The van der Waals surface area contributed by atoms with Crippen LogP contribution in [0.25, 0.3) is 0 Å². The van der Waals surface area contributed by atoms with E-state index >= 15 is 0 Å². The van der Waals surface area contributed by atoms with Crippen molar-refractivity contribution in [1.82, 2.24) is 0 Å². The summed E-state index contributed by atoms with van der Waals surface area (Å²) in [6, 6.07) is 0. The largest absolute Gasteiger partial charge is 0.462 e. The zero-order valence-corrected chi connectivity index (χ0v) is 12.3. The van der Waals surface area contributed by atoms with Crippen LogP contribution in [0.3, 0.4) is 0 Å². The van der Waals surface area contributed by atoms with Gasteiger partial charge in [0.1, 0.15) is 5.57 Å². The van der Waals surface area contributed by atoms with Gasteiger partial charge in [-0.2, -0.15) is 0 Å². The van der Waals surface area contributed by atoms with E-state index in [0.717, 1.165) is 12.8 Å². The monoisotopic (exact) mass is 325 g/mol. The Labute approximate surface area is 130 Å². The first-order valence-electron chi connectivity index (χ1n) is 7.27. The Bertz CT molecular complexity index is 754. The quantitative estimate of drug-likeness (QED) is 0.401. The van der Waals surface area contributed by atoms with E-state index in [1.165, 1.54) is 6.08 Å².